The van der Waals surface area contributed by atoms with Crippen molar-refractivity contribution >= 4 is 29.2 Å². The zero-order valence-corrected chi connectivity index (χ0v) is 24.1. The fraction of sp³-hybridized carbons (Fsp3) is 0.281. The van der Waals surface area contributed by atoms with Crippen LogP contribution in [0.2, 0.25) is 5.02 Å². The van der Waals surface area contributed by atoms with Gasteiger partial charge < -0.3 is 19.7 Å². The van der Waals surface area contributed by atoms with Gasteiger partial charge in [0.2, 0.25) is 0 Å². The molecule has 2 heterocycles. The lowest BCUT2D eigenvalue weighted by atomic mass is 10.1. The average Bonchev–Trinajstić information content (AvgIpc) is 3.42. The molecule has 1 aromatic heterocycles. The molecular formula is C32H32ClFN4O4. The first-order valence-corrected chi connectivity index (χ1v) is 14.2. The van der Waals surface area contributed by atoms with Crippen LogP contribution in [-0.4, -0.2) is 50.6 Å². The van der Waals surface area contributed by atoms with Gasteiger partial charge in [0.15, 0.2) is 5.69 Å². The Bertz CT molecular complexity index is 1560. The highest BCUT2D eigenvalue weighted by molar-refractivity contribution is 6.31. The summed E-state index contributed by atoms with van der Waals surface area (Å²) in [7, 11) is 0. The maximum Gasteiger partial charge on any atom is 0.335 e. The van der Waals surface area contributed by atoms with E-state index in [2.05, 4.69) is 15.2 Å². The number of hydrogen-bond acceptors (Lipinski definition) is 5. The van der Waals surface area contributed by atoms with E-state index in [9.17, 15) is 14.0 Å². The summed E-state index contributed by atoms with van der Waals surface area (Å²) in [6, 6.07) is 17.9. The number of anilines is 1. The third-order valence-electron chi connectivity index (χ3n) is 7.32. The third kappa shape index (κ3) is 6.80. The number of likely N-dealkylation sites (tertiary alicyclic amines) is 1. The maximum absolute atomic E-state index is 13.6. The number of rotatable bonds is 9. The Morgan fingerprint density at radius 2 is 1.76 bits per heavy atom. The van der Waals surface area contributed by atoms with Gasteiger partial charge in [-0.2, -0.15) is 0 Å². The van der Waals surface area contributed by atoms with Crippen LogP contribution in [0.3, 0.4) is 0 Å². The molecule has 0 spiro atoms. The lowest BCUT2D eigenvalue weighted by molar-refractivity contribution is 0.0696. The standard InChI is InChI=1S/C32H32ClFN4O4/c1-20(2)38-19-35-29(30(38)21-3-7-24(34)8-4-21)31(39)36-25-9-12-28(33)23(17-25)18-37-15-13-27(14-16-37)42-26-10-5-22(6-11-26)32(40)41/h3-12,17,19-20,27H,13-16,18H2,1-2H3,(H,36,39)(H,40,41). The molecule has 10 heteroatoms. The zero-order chi connectivity index (χ0) is 29.8. The molecule has 0 aliphatic carbocycles. The van der Waals surface area contributed by atoms with Gasteiger partial charge >= 0.3 is 5.97 Å². The Hall–Kier alpha value is -4.21. The summed E-state index contributed by atoms with van der Waals surface area (Å²) in [6.45, 7) is 6.22. The van der Waals surface area contributed by atoms with Crippen LogP contribution in [0.25, 0.3) is 11.3 Å². The minimum absolute atomic E-state index is 0.0407. The second-order valence-corrected chi connectivity index (χ2v) is 11.0. The quantitative estimate of drug-likeness (QED) is 0.220. The van der Waals surface area contributed by atoms with Gasteiger partial charge in [0.05, 0.1) is 17.6 Å². The number of nitrogens with one attached hydrogen (secondary N) is 1. The SMILES string of the molecule is CC(C)n1cnc(C(=O)Nc2ccc(Cl)c(CN3CCC(Oc4ccc(C(=O)O)cc4)CC3)c2)c1-c1ccc(F)cc1. The number of aromatic nitrogens is 2. The van der Waals surface area contributed by atoms with Crippen LogP contribution in [0.4, 0.5) is 10.1 Å². The normalized spacial score (nSPS) is 14.2. The maximum atomic E-state index is 13.6. The highest BCUT2D eigenvalue weighted by Gasteiger charge is 2.23. The summed E-state index contributed by atoms with van der Waals surface area (Å²) in [5.74, 6) is -1.02. The lowest BCUT2D eigenvalue weighted by Crippen LogP contribution is -2.37. The first-order chi connectivity index (χ1) is 20.2. The molecule has 1 amide bonds. The number of carbonyl (C=O) groups is 2. The van der Waals surface area contributed by atoms with Gasteiger partial charge in [-0.05, 0) is 99.0 Å². The van der Waals surface area contributed by atoms with Crippen LogP contribution in [0.15, 0.2) is 73.1 Å². The van der Waals surface area contributed by atoms with Crippen LogP contribution in [-0.2, 0) is 6.54 Å². The van der Waals surface area contributed by atoms with Crippen molar-refractivity contribution in [2.45, 2.75) is 45.4 Å². The number of carboxylic acid groups (broad SMARTS) is 1. The third-order valence-corrected chi connectivity index (χ3v) is 7.69. The number of carboxylic acids is 1. The molecule has 218 valence electrons. The molecule has 42 heavy (non-hydrogen) atoms. The topological polar surface area (TPSA) is 96.7 Å². The lowest BCUT2D eigenvalue weighted by Gasteiger charge is -2.32. The number of aromatic carboxylic acids is 1. The molecule has 0 bridgehead atoms. The summed E-state index contributed by atoms with van der Waals surface area (Å²) in [6.07, 6.45) is 3.31. The molecule has 1 saturated heterocycles. The van der Waals surface area contributed by atoms with E-state index < -0.39 is 5.97 Å². The summed E-state index contributed by atoms with van der Waals surface area (Å²) in [5, 5.41) is 12.6. The van der Waals surface area contributed by atoms with Gasteiger partial charge in [0.1, 0.15) is 17.7 Å². The van der Waals surface area contributed by atoms with Crippen LogP contribution in [0.5, 0.6) is 5.75 Å². The minimum Gasteiger partial charge on any atom is -0.490 e. The Morgan fingerprint density at radius 1 is 1.07 bits per heavy atom. The summed E-state index contributed by atoms with van der Waals surface area (Å²) in [4.78, 5) is 31.1. The van der Waals surface area contributed by atoms with Crippen molar-refractivity contribution < 1.29 is 23.8 Å². The molecule has 0 unspecified atom stereocenters. The van der Waals surface area contributed by atoms with Crippen LogP contribution in [0.1, 0.15) is 59.1 Å². The van der Waals surface area contributed by atoms with Gasteiger partial charge in [0, 0.05) is 41.9 Å². The summed E-state index contributed by atoms with van der Waals surface area (Å²) >= 11 is 6.54. The van der Waals surface area contributed by atoms with Gasteiger partial charge in [-0.3, -0.25) is 9.69 Å². The second-order valence-electron chi connectivity index (χ2n) is 10.6. The number of hydrogen-bond donors (Lipinski definition) is 2. The Kier molecular flexibility index (Phi) is 8.89. The largest absolute Gasteiger partial charge is 0.490 e. The smallest absolute Gasteiger partial charge is 0.335 e. The molecular weight excluding hydrogens is 559 g/mol. The number of ether oxygens (including phenoxy) is 1. The first-order valence-electron chi connectivity index (χ1n) is 13.8. The highest BCUT2D eigenvalue weighted by atomic mass is 35.5. The number of piperidine rings is 1. The molecule has 0 atom stereocenters. The average molecular weight is 591 g/mol. The zero-order valence-electron chi connectivity index (χ0n) is 23.4. The van der Waals surface area contributed by atoms with Gasteiger partial charge in [-0.15, -0.1) is 0 Å². The van der Waals surface area contributed by atoms with Crippen LogP contribution < -0.4 is 10.1 Å². The molecule has 0 radical (unpaired) electrons. The number of halogens is 2. The van der Waals surface area contributed by atoms with E-state index in [1.807, 2.05) is 24.5 Å². The van der Waals surface area contributed by atoms with Gasteiger partial charge in [-0.25, -0.2) is 14.2 Å². The van der Waals surface area contributed by atoms with Crippen molar-refractivity contribution in [3.8, 4) is 17.0 Å². The fourth-order valence-corrected chi connectivity index (χ4v) is 5.25. The van der Waals surface area contributed by atoms with Crippen LogP contribution in [0, 0.1) is 5.82 Å². The molecule has 3 aromatic carbocycles. The van der Waals surface area contributed by atoms with Crippen molar-refractivity contribution in [3.05, 3.63) is 101 Å². The Morgan fingerprint density at radius 3 is 2.40 bits per heavy atom. The number of amides is 1. The summed E-state index contributed by atoms with van der Waals surface area (Å²) in [5.41, 5.74) is 3.31. The van der Waals surface area contributed by atoms with E-state index in [1.165, 1.54) is 12.1 Å². The van der Waals surface area contributed by atoms with Crippen molar-refractivity contribution in [3.63, 3.8) is 0 Å². The van der Waals surface area contributed by atoms with Crippen molar-refractivity contribution in [1.29, 1.82) is 0 Å². The molecule has 2 N–H and O–H groups in total. The molecule has 1 fully saturated rings. The molecule has 8 nitrogen and oxygen atoms in total. The number of imidazole rings is 1. The van der Waals surface area contributed by atoms with Gasteiger partial charge in [-0.1, -0.05) is 11.6 Å². The molecule has 5 rings (SSSR count). The predicted octanol–water partition coefficient (Wildman–Crippen LogP) is 6.92. The molecule has 1 aliphatic heterocycles. The van der Waals surface area contributed by atoms with Crippen molar-refractivity contribution in [2.24, 2.45) is 0 Å². The van der Waals surface area contributed by atoms with Crippen molar-refractivity contribution in [2.75, 3.05) is 18.4 Å². The van der Waals surface area contributed by atoms with Gasteiger partial charge in [0.25, 0.3) is 5.91 Å². The van der Waals surface area contributed by atoms with E-state index in [0.29, 0.717) is 34.3 Å². The number of nitrogens with zero attached hydrogens (tertiary/aromatic N) is 3. The van der Waals surface area contributed by atoms with E-state index in [0.717, 1.165) is 31.5 Å². The van der Waals surface area contributed by atoms with E-state index in [1.54, 1.807) is 54.9 Å². The molecule has 4 aromatic rings. The molecule has 0 saturated carbocycles. The Labute approximate surface area is 248 Å². The van der Waals surface area contributed by atoms with Crippen molar-refractivity contribution in [1.82, 2.24) is 14.5 Å². The number of carbonyl (C=O) groups excluding carboxylic acids is 1. The first kappa shape index (κ1) is 29.3. The van der Waals surface area contributed by atoms with E-state index in [4.69, 9.17) is 21.4 Å². The minimum atomic E-state index is -0.964. The summed E-state index contributed by atoms with van der Waals surface area (Å²) < 4.78 is 21.5. The fourth-order valence-electron chi connectivity index (χ4n) is 5.07. The predicted molar refractivity (Wildman–Crippen MR) is 160 cm³/mol. The van der Waals surface area contributed by atoms with Crippen LogP contribution >= 0.6 is 11.6 Å². The Balaban J connectivity index is 1.23. The van der Waals surface area contributed by atoms with E-state index >= 15 is 0 Å². The monoisotopic (exact) mass is 590 g/mol. The van der Waals surface area contributed by atoms with E-state index in [-0.39, 0.29) is 35.1 Å². The molecule has 1 aliphatic rings. The number of benzene rings is 3. The highest BCUT2D eigenvalue weighted by Crippen LogP contribution is 2.29. The second kappa shape index (κ2) is 12.8.